The predicted octanol–water partition coefficient (Wildman–Crippen LogP) is 2.46. The molecule has 23 heavy (non-hydrogen) atoms. The second-order valence-electron chi connectivity index (χ2n) is 5.89. The van der Waals surface area contributed by atoms with Gasteiger partial charge in [-0.25, -0.2) is 9.18 Å². The molecule has 1 aromatic carbocycles. The third-order valence-corrected chi connectivity index (χ3v) is 3.98. The van der Waals surface area contributed by atoms with E-state index in [0.717, 1.165) is 31.2 Å². The van der Waals surface area contributed by atoms with Crippen molar-refractivity contribution in [1.82, 2.24) is 16.0 Å². The number of urea groups is 1. The summed E-state index contributed by atoms with van der Waals surface area (Å²) in [5.41, 5.74) is 0.836. The largest absolute Gasteiger partial charge is 0.352 e. The molecule has 0 aromatic heterocycles. The molecular weight excluding hydrogens is 297 g/mol. The van der Waals surface area contributed by atoms with Crippen LogP contribution in [0.3, 0.4) is 0 Å². The van der Waals surface area contributed by atoms with Gasteiger partial charge in [0.15, 0.2) is 0 Å². The average Bonchev–Trinajstić information content (AvgIpc) is 2.55. The second kappa shape index (κ2) is 9.12. The van der Waals surface area contributed by atoms with Gasteiger partial charge in [-0.15, -0.1) is 0 Å². The molecule has 126 valence electrons. The van der Waals surface area contributed by atoms with Gasteiger partial charge in [0.25, 0.3) is 0 Å². The van der Waals surface area contributed by atoms with Crippen molar-refractivity contribution in [3.05, 3.63) is 35.6 Å². The van der Waals surface area contributed by atoms with Crippen molar-refractivity contribution in [3.63, 3.8) is 0 Å². The van der Waals surface area contributed by atoms with Gasteiger partial charge in [0.2, 0.25) is 5.91 Å². The molecule has 1 aromatic rings. The van der Waals surface area contributed by atoms with E-state index in [2.05, 4.69) is 16.0 Å². The van der Waals surface area contributed by atoms with Crippen molar-refractivity contribution >= 4 is 11.9 Å². The Kier molecular flexibility index (Phi) is 6.84. The van der Waals surface area contributed by atoms with Crippen LogP contribution in [0.1, 0.15) is 44.1 Å². The van der Waals surface area contributed by atoms with Crippen LogP contribution in [-0.4, -0.2) is 24.5 Å². The van der Waals surface area contributed by atoms with E-state index in [1.165, 1.54) is 18.6 Å². The number of carbonyl (C=O) groups excluding carboxylic acids is 2. The smallest absolute Gasteiger partial charge is 0.315 e. The van der Waals surface area contributed by atoms with Gasteiger partial charge >= 0.3 is 6.03 Å². The first-order chi connectivity index (χ1) is 11.1. The van der Waals surface area contributed by atoms with E-state index in [4.69, 9.17) is 0 Å². The molecule has 3 amide bonds. The minimum atomic E-state index is -0.298. The number of halogens is 1. The first kappa shape index (κ1) is 17.2. The van der Waals surface area contributed by atoms with Crippen LogP contribution in [0, 0.1) is 5.82 Å². The normalized spacial score (nSPS) is 15.0. The predicted molar refractivity (Wildman–Crippen MR) is 86.3 cm³/mol. The summed E-state index contributed by atoms with van der Waals surface area (Å²) in [4.78, 5) is 23.4. The zero-order chi connectivity index (χ0) is 16.5. The Morgan fingerprint density at radius 1 is 1.04 bits per heavy atom. The molecule has 0 unspecified atom stereocenters. The maximum Gasteiger partial charge on any atom is 0.315 e. The van der Waals surface area contributed by atoms with Crippen LogP contribution in [-0.2, 0) is 11.3 Å². The van der Waals surface area contributed by atoms with Crippen molar-refractivity contribution in [3.8, 4) is 0 Å². The molecule has 1 aliphatic rings. The highest BCUT2D eigenvalue weighted by Crippen LogP contribution is 2.17. The van der Waals surface area contributed by atoms with Gasteiger partial charge in [0, 0.05) is 25.6 Å². The minimum Gasteiger partial charge on any atom is -0.352 e. The number of rotatable bonds is 6. The number of hydrogen-bond donors (Lipinski definition) is 3. The summed E-state index contributed by atoms with van der Waals surface area (Å²) in [5.74, 6) is -0.444. The first-order valence-electron chi connectivity index (χ1n) is 8.19. The minimum absolute atomic E-state index is 0.146. The Labute approximate surface area is 136 Å². The quantitative estimate of drug-likeness (QED) is 0.753. The van der Waals surface area contributed by atoms with Gasteiger partial charge in [-0.1, -0.05) is 31.4 Å². The molecule has 5 nitrogen and oxygen atoms in total. The molecule has 6 heteroatoms. The van der Waals surface area contributed by atoms with Crippen LogP contribution < -0.4 is 16.0 Å². The van der Waals surface area contributed by atoms with E-state index < -0.39 is 0 Å². The molecule has 0 bridgehead atoms. The lowest BCUT2D eigenvalue weighted by Gasteiger charge is -2.22. The second-order valence-corrected chi connectivity index (χ2v) is 5.89. The maximum atomic E-state index is 12.8. The lowest BCUT2D eigenvalue weighted by molar-refractivity contribution is -0.121. The third kappa shape index (κ3) is 6.67. The van der Waals surface area contributed by atoms with Gasteiger partial charge in [-0.2, -0.15) is 0 Å². The molecule has 1 saturated carbocycles. The fourth-order valence-corrected chi connectivity index (χ4v) is 2.66. The number of nitrogens with one attached hydrogen (secondary N) is 3. The van der Waals surface area contributed by atoms with Crippen molar-refractivity contribution in [2.45, 2.75) is 51.1 Å². The van der Waals surface area contributed by atoms with Gasteiger partial charge in [0.1, 0.15) is 5.82 Å². The van der Waals surface area contributed by atoms with Crippen LogP contribution in [0.15, 0.2) is 24.3 Å². The molecule has 3 N–H and O–H groups in total. The monoisotopic (exact) mass is 321 g/mol. The summed E-state index contributed by atoms with van der Waals surface area (Å²) in [6.07, 6.45) is 5.86. The Balaban J connectivity index is 1.57. The number of benzene rings is 1. The highest BCUT2D eigenvalue weighted by Gasteiger charge is 2.15. The summed E-state index contributed by atoms with van der Waals surface area (Å²) >= 11 is 0. The van der Waals surface area contributed by atoms with E-state index in [1.807, 2.05) is 0 Å². The summed E-state index contributed by atoms with van der Waals surface area (Å²) in [7, 11) is 0. The molecule has 0 spiro atoms. The van der Waals surface area contributed by atoms with E-state index in [1.54, 1.807) is 12.1 Å². The van der Waals surface area contributed by atoms with Gasteiger partial charge in [0.05, 0.1) is 0 Å². The van der Waals surface area contributed by atoms with E-state index in [0.29, 0.717) is 13.1 Å². The molecule has 0 radical (unpaired) electrons. The zero-order valence-corrected chi connectivity index (χ0v) is 13.2. The molecule has 1 aliphatic carbocycles. The Bertz CT molecular complexity index is 513. The van der Waals surface area contributed by atoms with Crippen molar-refractivity contribution in [2.24, 2.45) is 0 Å². The molecular formula is C17H24FN3O2. The molecule has 0 heterocycles. The van der Waals surface area contributed by atoms with E-state index >= 15 is 0 Å². The molecule has 1 fully saturated rings. The molecule has 0 aliphatic heterocycles. The highest BCUT2D eigenvalue weighted by atomic mass is 19.1. The maximum absolute atomic E-state index is 12.8. The molecule has 2 rings (SSSR count). The summed E-state index contributed by atoms with van der Waals surface area (Å²) < 4.78 is 12.8. The lowest BCUT2D eigenvalue weighted by atomic mass is 9.96. The van der Waals surface area contributed by atoms with Crippen LogP contribution >= 0.6 is 0 Å². The van der Waals surface area contributed by atoms with Gasteiger partial charge in [-0.3, -0.25) is 4.79 Å². The number of carbonyl (C=O) groups is 2. The summed E-state index contributed by atoms with van der Waals surface area (Å²) in [5, 5.41) is 8.38. The van der Waals surface area contributed by atoms with Gasteiger partial charge < -0.3 is 16.0 Å². The summed E-state index contributed by atoms with van der Waals surface area (Å²) in [6, 6.07) is 6.04. The topological polar surface area (TPSA) is 70.2 Å². The van der Waals surface area contributed by atoms with Crippen molar-refractivity contribution in [1.29, 1.82) is 0 Å². The Morgan fingerprint density at radius 3 is 2.43 bits per heavy atom. The van der Waals surface area contributed by atoms with Crippen LogP contribution in [0.2, 0.25) is 0 Å². The number of hydrogen-bond acceptors (Lipinski definition) is 2. The van der Waals surface area contributed by atoms with Crippen LogP contribution in [0.5, 0.6) is 0 Å². The number of amides is 3. The lowest BCUT2D eigenvalue weighted by Crippen LogP contribution is -2.43. The zero-order valence-electron chi connectivity index (χ0n) is 13.2. The fourth-order valence-electron chi connectivity index (χ4n) is 2.66. The standard InChI is InChI=1S/C17H24FN3O2/c18-14-8-6-13(7-9-14)12-20-16(22)10-11-19-17(23)21-15-4-2-1-3-5-15/h6-9,15H,1-5,10-12H2,(H,20,22)(H2,19,21,23). The van der Waals surface area contributed by atoms with Crippen LogP contribution in [0.4, 0.5) is 9.18 Å². The SMILES string of the molecule is O=C(CCNC(=O)NC1CCCCC1)NCc1ccc(F)cc1. The van der Waals surface area contributed by atoms with Crippen molar-refractivity contribution in [2.75, 3.05) is 6.54 Å². The van der Waals surface area contributed by atoms with Crippen LogP contribution in [0.25, 0.3) is 0 Å². The first-order valence-corrected chi connectivity index (χ1v) is 8.19. The fraction of sp³-hybridized carbons (Fsp3) is 0.529. The Morgan fingerprint density at radius 2 is 1.74 bits per heavy atom. The molecule has 0 atom stereocenters. The molecule has 0 saturated heterocycles. The average molecular weight is 321 g/mol. The van der Waals surface area contributed by atoms with E-state index in [-0.39, 0.29) is 30.2 Å². The van der Waals surface area contributed by atoms with E-state index in [9.17, 15) is 14.0 Å². The third-order valence-electron chi connectivity index (χ3n) is 3.98. The van der Waals surface area contributed by atoms with Gasteiger partial charge in [-0.05, 0) is 30.5 Å². The van der Waals surface area contributed by atoms with Crippen molar-refractivity contribution < 1.29 is 14.0 Å². The summed E-state index contributed by atoms with van der Waals surface area (Å²) in [6.45, 7) is 0.654. The Hall–Kier alpha value is -2.11. The highest BCUT2D eigenvalue weighted by molar-refractivity contribution is 5.78.